The molecule has 0 amide bonds. The lowest BCUT2D eigenvalue weighted by atomic mass is 10.0. The Balaban J connectivity index is 1.70. The van der Waals surface area contributed by atoms with Crippen molar-refractivity contribution in [3.8, 4) is 11.5 Å². The zero-order chi connectivity index (χ0) is 26.4. The number of alkyl halides is 3. The lowest BCUT2D eigenvalue weighted by molar-refractivity contribution is -0.139. The average molecular weight is 519 g/mol. The second kappa shape index (κ2) is 8.99. The summed E-state index contributed by atoms with van der Waals surface area (Å²) in [5, 5.41) is 9.47. The molecule has 4 aromatic rings. The Morgan fingerprint density at radius 1 is 1.03 bits per heavy atom. The van der Waals surface area contributed by atoms with Gasteiger partial charge >= 0.3 is 12.1 Å². The molecule has 36 heavy (non-hydrogen) atoms. The highest BCUT2D eigenvalue weighted by Gasteiger charge is 2.31. The first-order chi connectivity index (χ1) is 16.8. The number of fused-ring (bicyclic) bond motifs is 1. The van der Waals surface area contributed by atoms with Crippen LogP contribution in [0.3, 0.4) is 0 Å². The maximum atomic E-state index is 13.2. The molecule has 0 radical (unpaired) electrons. The molecule has 0 saturated carbocycles. The molecule has 0 spiro atoms. The molecule has 7 nitrogen and oxygen atoms in total. The number of benzene rings is 3. The summed E-state index contributed by atoms with van der Waals surface area (Å²) in [6.45, 7) is 3.46. The predicted molar refractivity (Wildman–Crippen MR) is 126 cm³/mol. The Kier molecular flexibility index (Phi) is 6.31. The SMILES string of the molecule is Cc1cc([C@H](N)C(=O)O)cc(C)c1Oc1ccc2[nH]cc(S(=O)(=O)c3ccc(C(F)(F)F)cc3)c2c1. The minimum atomic E-state index is -4.58. The fourth-order valence-electron chi connectivity index (χ4n) is 3.89. The Labute approximate surface area is 204 Å². The molecule has 0 unspecified atom stereocenters. The fraction of sp³-hybridized carbons (Fsp3) is 0.160. The van der Waals surface area contributed by atoms with E-state index in [-0.39, 0.29) is 9.79 Å². The number of aromatic nitrogens is 1. The molecule has 0 aliphatic rings. The van der Waals surface area contributed by atoms with Crippen LogP contribution in [0.2, 0.25) is 0 Å². The van der Waals surface area contributed by atoms with E-state index in [9.17, 15) is 26.4 Å². The van der Waals surface area contributed by atoms with E-state index in [4.69, 9.17) is 15.6 Å². The van der Waals surface area contributed by atoms with E-state index in [2.05, 4.69) is 4.98 Å². The Bertz CT molecular complexity index is 1550. The van der Waals surface area contributed by atoms with E-state index in [1.807, 2.05) is 0 Å². The van der Waals surface area contributed by atoms with E-state index in [0.29, 0.717) is 39.1 Å². The van der Waals surface area contributed by atoms with E-state index >= 15 is 0 Å². The van der Waals surface area contributed by atoms with Crippen LogP contribution in [0.15, 0.2) is 70.6 Å². The number of hydrogen-bond donors (Lipinski definition) is 3. The lowest BCUT2D eigenvalue weighted by Crippen LogP contribution is -2.20. The van der Waals surface area contributed by atoms with E-state index in [0.717, 1.165) is 24.3 Å². The van der Waals surface area contributed by atoms with Crippen LogP contribution in [-0.4, -0.2) is 24.5 Å². The number of sulfone groups is 1. The van der Waals surface area contributed by atoms with Crippen molar-refractivity contribution in [3.63, 3.8) is 0 Å². The van der Waals surface area contributed by atoms with Crippen LogP contribution in [0.1, 0.15) is 28.3 Å². The van der Waals surface area contributed by atoms with Gasteiger partial charge in [0, 0.05) is 17.1 Å². The van der Waals surface area contributed by atoms with Gasteiger partial charge in [0.05, 0.1) is 15.4 Å². The molecule has 1 atom stereocenters. The van der Waals surface area contributed by atoms with Gasteiger partial charge in [-0.05, 0) is 73.0 Å². The van der Waals surface area contributed by atoms with Gasteiger partial charge in [0.2, 0.25) is 9.84 Å². The predicted octanol–water partition coefficient (Wildman–Crippen LogP) is 5.51. The number of rotatable bonds is 6. The minimum Gasteiger partial charge on any atom is -0.480 e. The summed E-state index contributed by atoms with van der Waals surface area (Å²) in [5.41, 5.74) is 6.93. The normalized spacial score (nSPS) is 13.1. The van der Waals surface area contributed by atoms with Crippen molar-refractivity contribution < 1.29 is 36.2 Å². The summed E-state index contributed by atoms with van der Waals surface area (Å²) in [7, 11) is -4.14. The second-order valence-electron chi connectivity index (χ2n) is 8.29. The third-order valence-electron chi connectivity index (χ3n) is 5.72. The van der Waals surface area contributed by atoms with Crippen LogP contribution < -0.4 is 10.5 Å². The van der Waals surface area contributed by atoms with Crippen LogP contribution in [-0.2, 0) is 20.8 Å². The van der Waals surface area contributed by atoms with Crippen LogP contribution >= 0.6 is 0 Å². The standard InChI is InChI=1S/C25H21F3N2O5S/c1-13-9-15(22(29)24(31)32)10-14(2)23(13)35-17-5-8-20-19(11-17)21(12-30-20)36(33,34)18-6-3-16(4-7-18)25(26,27)28/h3-12,22,30H,29H2,1-2H3,(H,31,32)/t22-/m0/s1. The number of carboxylic acids is 1. The summed E-state index contributed by atoms with van der Waals surface area (Å²) in [6, 6.07) is 10.1. The first-order valence-corrected chi connectivity index (χ1v) is 12.1. The van der Waals surface area contributed by atoms with Crippen LogP contribution in [0.25, 0.3) is 10.9 Å². The van der Waals surface area contributed by atoms with Crippen molar-refractivity contribution in [2.75, 3.05) is 0 Å². The van der Waals surface area contributed by atoms with E-state index in [1.54, 1.807) is 38.1 Å². The van der Waals surface area contributed by atoms with Crippen molar-refractivity contribution in [3.05, 3.63) is 83.0 Å². The highest BCUT2D eigenvalue weighted by molar-refractivity contribution is 7.91. The lowest BCUT2D eigenvalue weighted by Gasteiger charge is -2.16. The number of nitrogens with two attached hydrogens (primary N) is 1. The van der Waals surface area contributed by atoms with Gasteiger partial charge in [-0.1, -0.05) is 12.1 Å². The molecule has 4 N–H and O–H groups in total. The molecule has 4 rings (SSSR count). The number of H-pyrrole nitrogens is 1. The number of aryl methyl sites for hydroxylation is 2. The molecule has 3 aromatic carbocycles. The molecule has 1 heterocycles. The number of nitrogens with one attached hydrogen (secondary N) is 1. The highest BCUT2D eigenvalue weighted by atomic mass is 32.2. The van der Waals surface area contributed by atoms with Crippen LogP contribution in [0.5, 0.6) is 11.5 Å². The topological polar surface area (TPSA) is 122 Å². The molecular formula is C25H21F3N2O5S. The molecule has 0 aliphatic heterocycles. The zero-order valence-electron chi connectivity index (χ0n) is 19.1. The first kappa shape index (κ1) is 25.3. The van der Waals surface area contributed by atoms with Gasteiger partial charge in [0.15, 0.2) is 0 Å². The number of aromatic amines is 1. The summed E-state index contributed by atoms with van der Waals surface area (Å²) >= 11 is 0. The summed E-state index contributed by atoms with van der Waals surface area (Å²) in [4.78, 5) is 13.7. The van der Waals surface area contributed by atoms with E-state index < -0.39 is 33.6 Å². The van der Waals surface area contributed by atoms with Gasteiger partial charge in [0.1, 0.15) is 17.5 Å². The quantitative estimate of drug-likeness (QED) is 0.309. The highest BCUT2D eigenvalue weighted by Crippen LogP contribution is 2.36. The molecule has 0 saturated heterocycles. The van der Waals surface area contributed by atoms with Crippen LogP contribution in [0, 0.1) is 13.8 Å². The van der Waals surface area contributed by atoms with Crippen molar-refractivity contribution in [2.45, 2.75) is 35.9 Å². The number of carbonyl (C=O) groups is 1. The Morgan fingerprint density at radius 2 is 1.64 bits per heavy atom. The molecule has 1 aromatic heterocycles. The van der Waals surface area contributed by atoms with Gasteiger partial charge in [-0.25, -0.2) is 8.42 Å². The molecule has 0 aliphatic carbocycles. The number of carboxylic acid groups (broad SMARTS) is 1. The number of aliphatic carboxylic acids is 1. The summed E-state index contributed by atoms with van der Waals surface area (Å²) in [5.74, 6) is -0.395. The van der Waals surface area contributed by atoms with Crippen molar-refractivity contribution in [2.24, 2.45) is 5.73 Å². The third-order valence-corrected chi connectivity index (χ3v) is 7.53. The summed E-state index contributed by atoms with van der Waals surface area (Å²) < 4.78 is 71.0. The van der Waals surface area contributed by atoms with Crippen LogP contribution in [0.4, 0.5) is 13.2 Å². The fourth-order valence-corrected chi connectivity index (χ4v) is 5.32. The maximum Gasteiger partial charge on any atom is 0.416 e. The molecule has 0 fully saturated rings. The summed E-state index contributed by atoms with van der Waals surface area (Å²) in [6.07, 6.45) is -3.30. The van der Waals surface area contributed by atoms with Gasteiger partial charge in [0.25, 0.3) is 0 Å². The minimum absolute atomic E-state index is 0.112. The smallest absolute Gasteiger partial charge is 0.416 e. The first-order valence-electron chi connectivity index (χ1n) is 10.6. The third kappa shape index (κ3) is 4.67. The van der Waals surface area contributed by atoms with Crippen molar-refractivity contribution >= 4 is 26.7 Å². The maximum absolute atomic E-state index is 13.2. The molecule has 11 heteroatoms. The van der Waals surface area contributed by atoms with Gasteiger partial charge in [-0.15, -0.1) is 0 Å². The Morgan fingerprint density at radius 3 is 2.19 bits per heavy atom. The molecular weight excluding hydrogens is 497 g/mol. The number of halogens is 3. The second-order valence-corrected chi connectivity index (χ2v) is 10.2. The monoisotopic (exact) mass is 518 g/mol. The molecule has 188 valence electrons. The Hall–Kier alpha value is -3.83. The number of hydrogen-bond acceptors (Lipinski definition) is 5. The molecule has 0 bridgehead atoms. The van der Waals surface area contributed by atoms with Gasteiger partial charge in [-0.3, -0.25) is 4.79 Å². The number of ether oxygens (including phenoxy) is 1. The van der Waals surface area contributed by atoms with Crippen molar-refractivity contribution in [1.82, 2.24) is 4.98 Å². The van der Waals surface area contributed by atoms with E-state index in [1.165, 1.54) is 12.3 Å². The largest absolute Gasteiger partial charge is 0.480 e. The van der Waals surface area contributed by atoms with Gasteiger partial charge < -0.3 is 20.6 Å². The zero-order valence-corrected chi connectivity index (χ0v) is 19.9. The van der Waals surface area contributed by atoms with Gasteiger partial charge in [-0.2, -0.15) is 13.2 Å². The average Bonchev–Trinajstić information content (AvgIpc) is 3.24. The van der Waals surface area contributed by atoms with Crippen molar-refractivity contribution in [1.29, 1.82) is 0 Å².